The van der Waals surface area contributed by atoms with Gasteiger partial charge in [-0.05, 0) is 38.5 Å². The molecule has 1 amide bonds. The van der Waals surface area contributed by atoms with Gasteiger partial charge in [0.2, 0.25) is 15.9 Å². The summed E-state index contributed by atoms with van der Waals surface area (Å²) in [6.07, 6.45) is 0. The van der Waals surface area contributed by atoms with Gasteiger partial charge in [-0.25, -0.2) is 13.2 Å². The molecule has 0 bridgehead atoms. The Bertz CT molecular complexity index is 995. The van der Waals surface area contributed by atoms with Crippen LogP contribution in [0.4, 0.5) is 0 Å². The molecule has 1 aromatic carbocycles. The van der Waals surface area contributed by atoms with E-state index in [0.29, 0.717) is 11.3 Å². The zero-order chi connectivity index (χ0) is 21.8. The summed E-state index contributed by atoms with van der Waals surface area (Å²) in [4.78, 5) is 24.1. The van der Waals surface area contributed by atoms with E-state index in [1.54, 1.807) is 12.1 Å². The predicted octanol–water partition coefficient (Wildman–Crippen LogP) is 1.07. The summed E-state index contributed by atoms with van der Waals surface area (Å²) in [5.41, 5.74) is 1.03. The van der Waals surface area contributed by atoms with Crippen LogP contribution in [0.3, 0.4) is 0 Å². The van der Waals surface area contributed by atoms with Gasteiger partial charge in [0.05, 0.1) is 20.3 Å². The molecule has 1 aromatic heterocycles. The molecule has 0 aliphatic heterocycles. The number of carbonyl (C=O) groups is 2. The van der Waals surface area contributed by atoms with Crippen molar-refractivity contribution in [3.8, 4) is 5.75 Å². The van der Waals surface area contributed by atoms with Gasteiger partial charge in [-0.3, -0.25) is 4.79 Å². The van der Waals surface area contributed by atoms with E-state index in [1.807, 2.05) is 0 Å². The van der Waals surface area contributed by atoms with E-state index in [0.717, 1.165) is 0 Å². The Labute approximate surface area is 168 Å². The number of nitrogens with one attached hydrogen (secondary N) is 2. The zero-order valence-electron chi connectivity index (χ0n) is 16.7. The van der Waals surface area contributed by atoms with Gasteiger partial charge < -0.3 is 19.3 Å². The van der Waals surface area contributed by atoms with Crippen LogP contribution >= 0.6 is 0 Å². The summed E-state index contributed by atoms with van der Waals surface area (Å²) >= 11 is 0. The van der Waals surface area contributed by atoms with E-state index in [9.17, 15) is 18.0 Å². The molecule has 0 saturated heterocycles. The molecular formula is C18H23N3O7S. The van der Waals surface area contributed by atoms with E-state index in [4.69, 9.17) is 14.0 Å². The van der Waals surface area contributed by atoms with Gasteiger partial charge in [0.15, 0.2) is 5.76 Å². The lowest BCUT2D eigenvalue weighted by atomic mass is 10.1. The van der Waals surface area contributed by atoms with Crippen LogP contribution in [0.5, 0.6) is 5.75 Å². The molecule has 0 aliphatic rings. The number of nitrogens with zero attached hydrogens (tertiary/aromatic N) is 1. The number of aryl methyl sites for hydroxylation is 2. The fraction of sp³-hybridized carbons (Fsp3) is 0.389. The van der Waals surface area contributed by atoms with E-state index >= 15 is 0 Å². The Morgan fingerprint density at radius 3 is 2.48 bits per heavy atom. The highest BCUT2D eigenvalue weighted by Crippen LogP contribution is 2.21. The molecule has 11 heteroatoms. The molecule has 10 nitrogen and oxygen atoms in total. The first-order valence-corrected chi connectivity index (χ1v) is 10.1. The van der Waals surface area contributed by atoms with Gasteiger partial charge in [0.1, 0.15) is 21.9 Å². The molecule has 0 spiro atoms. The van der Waals surface area contributed by atoms with Crippen LogP contribution in [-0.2, 0) is 26.1 Å². The maximum absolute atomic E-state index is 12.5. The fourth-order valence-electron chi connectivity index (χ4n) is 2.68. The quantitative estimate of drug-likeness (QED) is 0.599. The maximum atomic E-state index is 12.5. The molecule has 0 aliphatic carbocycles. The summed E-state index contributed by atoms with van der Waals surface area (Å²) in [6, 6.07) is 3.73. The summed E-state index contributed by atoms with van der Waals surface area (Å²) in [7, 11) is -1.30. The molecule has 0 radical (unpaired) electrons. The standard InChI is InChI=1S/C18H23N3O7S/c1-10-16(12(3)28-20-10)29(24,25)21-11(2)17(22)19-9-13-6-7-15(26-4)14(8-13)18(23)27-5/h6-8,11,21H,9H2,1-5H3,(H,19,22)/t11-/m0/s1. The first kappa shape index (κ1) is 22.4. The van der Waals surface area contributed by atoms with E-state index < -0.39 is 27.9 Å². The number of rotatable bonds is 8. The van der Waals surface area contributed by atoms with Gasteiger partial charge in [0.25, 0.3) is 0 Å². The van der Waals surface area contributed by atoms with Crippen LogP contribution in [0.15, 0.2) is 27.6 Å². The number of esters is 1. The average Bonchev–Trinajstić information content (AvgIpc) is 3.03. The SMILES string of the molecule is COC(=O)c1cc(CNC(=O)[C@H](C)NS(=O)(=O)c2c(C)noc2C)ccc1OC. The van der Waals surface area contributed by atoms with Crippen molar-refractivity contribution in [3.05, 3.63) is 40.8 Å². The third-order valence-electron chi connectivity index (χ3n) is 4.10. The summed E-state index contributed by atoms with van der Waals surface area (Å²) < 4.78 is 42.0. The number of aromatic nitrogens is 1. The lowest BCUT2D eigenvalue weighted by molar-refractivity contribution is -0.122. The van der Waals surface area contributed by atoms with E-state index in [1.165, 1.54) is 41.1 Å². The molecule has 0 fully saturated rings. The Morgan fingerprint density at radius 1 is 1.24 bits per heavy atom. The van der Waals surface area contributed by atoms with Crippen LogP contribution in [0, 0.1) is 13.8 Å². The van der Waals surface area contributed by atoms with Crippen molar-refractivity contribution in [2.45, 2.75) is 38.3 Å². The second-order valence-electron chi connectivity index (χ2n) is 6.24. The Morgan fingerprint density at radius 2 is 1.93 bits per heavy atom. The first-order chi connectivity index (χ1) is 13.6. The average molecular weight is 425 g/mol. The predicted molar refractivity (Wildman–Crippen MR) is 102 cm³/mol. The van der Waals surface area contributed by atoms with Crippen molar-refractivity contribution in [3.63, 3.8) is 0 Å². The number of methoxy groups -OCH3 is 2. The minimum absolute atomic E-state index is 0.0736. The van der Waals surface area contributed by atoms with Gasteiger partial charge in [-0.15, -0.1) is 0 Å². The second kappa shape index (κ2) is 9.05. The maximum Gasteiger partial charge on any atom is 0.341 e. The van der Waals surface area contributed by atoms with Crippen molar-refractivity contribution in [2.24, 2.45) is 0 Å². The van der Waals surface area contributed by atoms with Gasteiger partial charge >= 0.3 is 5.97 Å². The minimum atomic E-state index is -3.98. The number of hydrogen-bond acceptors (Lipinski definition) is 8. The van der Waals surface area contributed by atoms with Crippen molar-refractivity contribution < 1.29 is 32.0 Å². The van der Waals surface area contributed by atoms with Crippen molar-refractivity contribution in [1.82, 2.24) is 15.2 Å². The van der Waals surface area contributed by atoms with Crippen LogP contribution in [-0.4, -0.2) is 45.7 Å². The Kier molecular flexibility index (Phi) is 6.98. The molecular weight excluding hydrogens is 402 g/mol. The lowest BCUT2D eigenvalue weighted by Gasteiger charge is -2.15. The van der Waals surface area contributed by atoms with E-state index in [-0.39, 0.29) is 28.5 Å². The van der Waals surface area contributed by atoms with Crippen molar-refractivity contribution >= 4 is 21.9 Å². The highest BCUT2D eigenvalue weighted by atomic mass is 32.2. The van der Waals surface area contributed by atoms with Gasteiger partial charge in [-0.2, -0.15) is 4.72 Å². The summed E-state index contributed by atoms with van der Waals surface area (Å²) in [5, 5.41) is 6.23. The number of benzene rings is 1. The van der Waals surface area contributed by atoms with Crippen molar-refractivity contribution in [2.75, 3.05) is 14.2 Å². The Hall–Kier alpha value is -2.92. The topological polar surface area (TPSA) is 137 Å². The minimum Gasteiger partial charge on any atom is -0.496 e. The zero-order valence-corrected chi connectivity index (χ0v) is 17.5. The summed E-state index contributed by atoms with van der Waals surface area (Å²) in [5.74, 6) is -0.643. The number of sulfonamides is 1. The highest BCUT2D eigenvalue weighted by molar-refractivity contribution is 7.89. The molecule has 1 heterocycles. The number of ether oxygens (including phenoxy) is 2. The lowest BCUT2D eigenvalue weighted by Crippen LogP contribution is -2.44. The number of carbonyl (C=O) groups excluding carboxylic acids is 2. The second-order valence-corrected chi connectivity index (χ2v) is 7.89. The van der Waals surface area contributed by atoms with Crippen molar-refractivity contribution in [1.29, 1.82) is 0 Å². The molecule has 0 saturated carbocycles. The fourth-order valence-corrected chi connectivity index (χ4v) is 4.21. The van der Waals surface area contributed by atoms with Crippen LogP contribution < -0.4 is 14.8 Å². The third kappa shape index (κ3) is 5.12. The molecule has 2 aromatic rings. The Balaban J connectivity index is 2.06. The van der Waals surface area contributed by atoms with Crippen LogP contribution in [0.25, 0.3) is 0 Å². The first-order valence-electron chi connectivity index (χ1n) is 8.58. The number of amides is 1. The third-order valence-corrected chi connectivity index (χ3v) is 5.88. The van der Waals surface area contributed by atoms with Crippen LogP contribution in [0.1, 0.15) is 34.3 Å². The molecule has 2 rings (SSSR count). The summed E-state index contributed by atoms with van der Waals surface area (Å²) in [6.45, 7) is 4.46. The molecule has 1 atom stereocenters. The largest absolute Gasteiger partial charge is 0.496 e. The number of hydrogen-bond donors (Lipinski definition) is 2. The normalized spacial score (nSPS) is 12.3. The molecule has 0 unspecified atom stereocenters. The molecule has 158 valence electrons. The molecule has 29 heavy (non-hydrogen) atoms. The van der Waals surface area contributed by atoms with Gasteiger partial charge in [0, 0.05) is 6.54 Å². The monoisotopic (exact) mass is 425 g/mol. The van der Waals surface area contributed by atoms with E-state index in [2.05, 4.69) is 15.2 Å². The smallest absolute Gasteiger partial charge is 0.341 e. The van der Waals surface area contributed by atoms with Crippen LogP contribution in [0.2, 0.25) is 0 Å². The van der Waals surface area contributed by atoms with Gasteiger partial charge in [-0.1, -0.05) is 11.2 Å². The molecule has 2 N–H and O–H groups in total. The highest BCUT2D eigenvalue weighted by Gasteiger charge is 2.28.